The van der Waals surface area contributed by atoms with Crippen molar-refractivity contribution in [2.24, 2.45) is 0 Å². The normalized spacial score (nSPS) is 13.8. The first-order valence-electron chi connectivity index (χ1n) is 8.14. The van der Waals surface area contributed by atoms with Crippen LogP contribution in [0.15, 0.2) is 24.3 Å². The van der Waals surface area contributed by atoms with Crippen molar-refractivity contribution in [1.82, 2.24) is 0 Å². The van der Waals surface area contributed by atoms with Gasteiger partial charge in [0, 0.05) is 23.9 Å². The molecule has 0 unspecified atom stereocenters. The van der Waals surface area contributed by atoms with Crippen molar-refractivity contribution >= 4 is 29.7 Å². The number of hydrogen-bond acceptors (Lipinski definition) is 5. The van der Waals surface area contributed by atoms with Gasteiger partial charge < -0.3 is 19.5 Å². The maximum Gasteiger partial charge on any atom is 0.338 e. The number of carbonyl (C=O) groups is 2. The Labute approximate surface area is 153 Å². The molecule has 0 aliphatic carbocycles. The maximum atomic E-state index is 11.8. The van der Waals surface area contributed by atoms with Crippen molar-refractivity contribution < 1.29 is 24.2 Å². The second kappa shape index (κ2) is 9.75. The molecule has 0 saturated heterocycles. The summed E-state index contributed by atoms with van der Waals surface area (Å²) in [6, 6.07) is 6.99. The molecule has 2 atom stereocenters. The van der Waals surface area contributed by atoms with Crippen LogP contribution in [0.25, 0.3) is 0 Å². The summed E-state index contributed by atoms with van der Waals surface area (Å²) in [5.74, 6) is -0.714. The first-order chi connectivity index (χ1) is 11.6. The molecule has 140 valence electrons. The van der Waals surface area contributed by atoms with Crippen LogP contribution in [0.2, 0.25) is 5.02 Å². The number of amides is 1. The molecular formula is C18H26ClNO5. The van der Waals surface area contributed by atoms with E-state index >= 15 is 0 Å². The third kappa shape index (κ3) is 7.86. The number of aliphatic hydroxyl groups is 1. The highest BCUT2D eigenvalue weighted by molar-refractivity contribution is 6.30. The van der Waals surface area contributed by atoms with Crippen LogP contribution in [0.1, 0.15) is 34.1 Å². The summed E-state index contributed by atoms with van der Waals surface area (Å²) in [7, 11) is 0. The van der Waals surface area contributed by atoms with Crippen LogP contribution in [-0.2, 0) is 19.1 Å². The second-order valence-corrected chi connectivity index (χ2v) is 7.12. The van der Waals surface area contributed by atoms with Crippen LogP contribution >= 0.6 is 11.6 Å². The minimum atomic E-state index is -1.35. The Morgan fingerprint density at radius 2 is 2.08 bits per heavy atom. The molecular weight excluding hydrogens is 346 g/mol. The number of benzene rings is 1. The van der Waals surface area contributed by atoms with E-state index in [4.69, 9.17) is 21.1 Å². The zero-order chi connectivity index (χ0) is 19.0. The largest absolute Gasteiger partial charge is 0.458 e. The Bertz CT molecular complexity index is 573. The molecule has 1 amide bonds. The molecule has 6 nitrogen and oxygen atoms in total. The van der Waals surface area contributed by atoms with E-state index < -0.39 is 23.8 Å². The Morgan fingerprint density at radius 1 is 1.40 bits per heavy atom. The molecule has 0 saturated carbocycles. The molecule has 0 aliphatic heterocycles. The first-order valence-corrected chi connectivity index (χ1v) is 8.52. The quantitative estimate of drug-likeness (QED) is 0.410. The first kappa shape index (κ1) is 21.4. The molecule has 0 radical (unpaired) electrons. The summed E-state index contributed by atoms with van der Waals surface area (Å²) in [6.45, 7) is 7.50. The third-order valence-corrected chi connectivity index (χ3v) is 3.52. The molecule has 1 aromatic rings. The van der Waals surface area contributed by atoms with Gasteiger partial charge in [-0.1, -0.05) is 17.7 Å². The van der Waals surface area contributed by atoms with Gasteiger partial charge in [0.2, 0.25) is 6.41 Å². The summed E-state index contributed by atoms with van der Waals surface area (Å²) >= 11 is 5.92. The smallest absolute Gasteiger partial charge is 0.338 e. The molecule has 1 aromatic carbocycles. The minimum Gasteiger partial charge on any atom is -0.458 e. The molecule has 7 heteroatoms. The van der Waals surface area contributed by atoms with Gasteiger partial charge in [0.1, 0.15) is 5.60 Å². The average Bonchev–Trinajstić information content (AvgIpc) is 2.52. The maximum absolute atomic E-state index is 11.8. The average molecular weight is 372 g/mol. The van der Waals surface area contributed by atoms with Crippen molar-refractivity contribution in [2.75, 3.05) is 18.1 Å². The number of carbonyl (C=O) groups excluding carboxylic acids is 2. The van der Waals surface area contributed by atoms with Crippen molar-refractivity contribution in [3.05, 3.63) is 29.3 Å². The van der Waals surface area contributed by atoms with Crippen LogP contribution < -0.4 is 4.90 Å². The fraction of sp³-hybridized carbons (Fsp3) is 0.556. The number of esters is 1. The minimum absolute atomic E-state index is 0.284. The molecule has 0 fully saturated rings. The number of nitrogens with zero attached hydrogens (tertiary/aromatic N) is 1. The molecule has 1 N–H and O–H groups in total. The number of ether oxygens (including phenoxy) is 2. The zero-order valence-electron chi connectivity index (χ0n) is 15.1. The second-order valence-electron chi connectivity index (χ2n) is 6.69. The zero-order valence-corrected chi connectivity index (χ0v) is 15.8. The SMILES string of the molecule is C[C@H](OCCCN(C=O)c1cccc(Cl)c1)[C@@H](O)C(=O)OC(C)(C)C. The molecule has 0 aliphatic rings. The van der Waals surface area contributed by atoms with Crippen molar-refractivity contribution in [3.63, 3.8) is 0 Å². The third-order valence-electron chi connectivity index (χ3n) is 3.28. The molecule has 0 aromatic heterocycles. The van der Waals surface area contributed by atoms with Gasteiger partial charge in [-0.3, -0.25) is 4.79 Å². The van der Waals surface area contributed by atoms with E-state index in [1.54, 1.807) is 52.0 Å². The van der Waals surface area contributed by atoms with Crippen molar-refractivity contribution in [2.45, 2.75) is 51.9 Å². The number of aliphatic hydroxyl groups excluding tert-OH is 1. The van der Waals surface area contributed by atoms with Crippen LogP contribution in [0, 0.1) is 0 Å². The number of hydrogen-bond donors (Lipinski definition) is 1. The van der Waals surface area contributed by atoms with Gasteiger partial charge in [0.05, 0.1) is 6.10 Å². The number of anilines is 1. The summed E-state index contributed by atoms with van der Waals surface area (Å²) in [5.41, 5.74) is 0.0310. The van der Waals surface area contributed by atoms with Crippen molar-refractivity contribution in [1.29, 1.82) is 0 Å². The highest BCUT2D eigenvalue weighted by Gasteiger charge is 2.28. The highest BCUT2D eigenvalue weighted by Crippen LogP contribution is 2.18. The van der Waals surface area contributed by atoms with E-state index in [1.807, 2.05) is 0 Å². The highest BCUT2D eigenvalue weighted by atomic mass is 35.5. The van der Waals surface area contributed by atoms with Gasteiger partial charge in [0.25, 0.3) is 0 Å². The lowest BCUT2D eigenvalue weighted by Gasteiger charge is -2.24. The van der Waals surface area contributed by atoms with Crippen LogP contribution in [-0.4, -0.2) is 48.4 Å². The van der Waals surface area contributed by atoms with E-state index in [-0.39, 0.29) is 6.61 Å². The van der Waals surface area contributed by atoms with E-state index in [9.17, 15) is 14.7 Å². The fourth-order valence-electron chi connectivity index (χ4n) is 2.05. The summed E-state index contributed by atoms with van der Waals surface area (Å²) in [4.78, 5) is 24.5. The van der Waals surface area contributed by atoms with Gasteiger partial charge in [-0.15, -0.1) is 0 Å². The topological polar surface area (TPSA) is 76.1 Å². The van der Waals surface area contributed by atoms with Crippen molar-refractivity contribution in [3.8, 4) is 0 Å². The molecule has 0 spiro atoms. The Morgan fingerprint density at radius 3 is 2.64 bits per heavy atom. The predicted octanol–water partition coefficient (Wildman–Crippen LogP) is 2.80. The molecule has 25 heavy (non-hydrogen) atoms. The standard InChI is InChI=1S/C18H26ClNO5/c1-13(16(22)17(23)25-18(2,3)4)24-10-6-9-20(12-21)15-8-5-7-14(19)11-15/h5,7-8,11-13,16,22H,6,9-10H2,1-4H3/t13-,16+/m0/s1. The molecule has 0 bridgehead atoms. The van der Waals surface area contributed by atoms with Crippen LogP contribution in [0.5, 0.6) is 0 Å². The lowest BCUT2D eigenvalue weighted by Crippen LogP contribution is -2.39. The fourth-order valence-corrected chi connectivity index (χ4v) is 2.23. The van der Waals surface area contributed by atoms with Gasteiger partial charge in [0.15, 0.2) is 6.10 Å². The lowest BCUT2D eigenvalue weighted by molar-refractivity contribution is -0.172. The number of halogens is 1. The Hall–Kier alpha value is -1.63. The van der Waals surface area contributed by atoms with Gasteiger partial charge in [-0.05, 0) is 52.3 Å². The van der Waals surface area contributed by atoms with E-state index in [0.29, 0.717) is 23.7 Å². The lowest BCUT2D eigenvalue weighted by atomic mass is 10.1. The van der Waals surface area contributed by atoms with Gasteiger partial charge in [-0.25, -0.2) is 4.79 Å². The van der Waals surface area contributed by atoms with E-state index in [2.05, 4.69) is 0 Å². The van der Waals surface area contributed by atoms with E-state index in [0.717, 1.165) is 6.41 Å². The molecule has 1 rings (SSSR count). The van der Waals surface area contributed by atoms with Gasteiger partial charge in [-0.2, -0.15) is 0 Å². The number of rotatable bonds is 9. The van der Waals surface area contributed by atoms with Crippen LogP contribution in [0.3, 0.4) is 0 Å². The summed E-state index contributed by atoms with van der Waals surface area (Å²) < 4.78 is 10.6. The predicted molar refractivity (Wildman–Crippen MR) is 96.7 cm³/mol. The summed E-state index contributed by atoms with van der Waals surface area (Å²) in [5, 5.41) is 10.5. The monoisotopic (exact) mass is 371 g/mol. The summed E-state index contributed by atoms with van der Waals surface area (Å²) in [6.07, 6.45) is -0.790. The Balaban J connectivity index is 2.40. The molecule has 0 heterocycles. The van der Waals surface area contributed by atoms with Crippen LogP contribution in [0.4, 0.5) is 5.69 Å². The van der Waals surface area contributed by atoms with E-state index in [1.165, 1.54) is 4.90 Å². The van der Waals surface area contributed by atoms with Gasteiger partial charge >= 0.3 is 5.97 Å². The Kier molecular flexibility index (Phi) is 8.35.